The van der Waals surface area contributed by atoms with E-state index in [1.54, 1.807) is 48.5 Å². The van der Waals surface area contributed by atoms with Gasteiger partial charge in [-0.2, -0.15) is 12.6 Å². The molecule has 2 heterocycles. The lowest BCUT2D eigenvalue weighted by Crippen LogP contribution is -2.58. The summed E-state index contributed by atoms with van der Waals surface area (Å²) in [6.45, 7) is 1.23. The number of hydrogen-bond acceptors (Lipinski definition) is 8. The van der Waals surface area contributed by atoms with Crippen molar-refractivity contribution in [1.82, 2.24) is 21.3 Å². The third-order valence-corrected chi connectivity index (χ3v) is 6.71. The standard InChI is InChI=1S/C28H32N4O9S/c1-15(33)29-21-12-16-5-7-18(8-6-16)41-19-4-2-3-17(11-19)13-22(27(38)32-23(14-42)28(39)40)31-25(36)20(30-26(21)37)9-10-24(34)35/h2-8,11,20-23,42H,9-10,12-14H2,1H3,(H,29,33)(H,30,37)(H,31,36)(H,32,38)(H,34,35)(H,39,40)/t20?,21-,22-,23-/m0/s1. The van der Waals surface area contributed by atoms with Crippen molar-refractivity contribution < 1.29 is 43.7 Å². The van der Waals surface area contributed by atoms with E-state index in [2.05, 4.69) is 33.9 Å². The average molecular weight is 601 g/mol. The zero-order chi connectivity index (χ0) is 30.8. The molecule has 0 aliphatic carbocycles. The largest absolute Gasteiger partial charge is 0.481 e. The molecular weight excluding hydrogens is 568 g/mol. The molecule has 6 N–H and O–H groups in total. The Hall–Kier alpha value is -4.59. The highest BCUT2D eigenvalue weighted by molar-refractivity contribution is 7.80. The fourth-order valence-corrected chi connectivity index (χ4v) is 4.49. The van der Waals surface area contributed by atoms with E-state index in [0.29, 0.717) is 22.6 Å². The van der Waals surface area contributed by atoms with Crippen LogP contribution in [-0.4, -0.2) is 75.7 Å². The van der Waals surface area contributed by atoms with Crippen molar-refractivity contribution in [2.24, 2.45) is 0 Å². The number of rotatable bonds is 8. The number of carbonyl (C=O) groups excluding carboxylic acids is 4. The smallest absolute Gasteiger partial charge is 0.327 e. The molecule has 4 bridgehead atoms. The Labute approximate surface area is 246 Å². The molecule has 2 aliphatic heterocycles. The van der Waals surface area contributed by atoms with Gasteiger partial charge in [0.25, 0.3) is 0 Å². The van der Waals surface area contributed by atoms with E-state index < -0.39 is 66.2 Å². The number of carboxylic acid groups (broad SMARTS) is 2. The maximum Gasteiger partial charge on any atom is 0.327 e. The van der Waals surface area contributed by atoms with Crippen LogP contribution in [-0.2, 0) is 41.6 Å². The van der Waals surface area contributed by atoms with Crippen LogP contribution in [0.25, 0.3) is 0 Å². The van der Waals surface area contributed by atoms with E-state index in [1.807, 2.05) is 0 Å². The molecule has 0 fully saturated rings. The van der Waals surface area contributed by atoms with Gasteiger partial charge in [-0.15, -0.1) is 0 Å². The maximum atomic E-state index is 13.4. The van der Waals surface area contributed by atoms with Gasteiger partial charge in [-0.3, -0.25) is 24.0 Å². The highest BCUT2D eigenvalue weighted by Crippen LogP contribution is 2.24. The Morgan fingerprint density at radius 1 is 0.976 bits per heavy atom. The fraction of sp³-hybridized carbons (Fsp3) is 0.357. The minimum atomic E-state index is -1.40. The van der Waals surface area contributed by atoms with Gasteiger partial charge in [0.15, 0.2) is 0 Å². The minimum absolute atomic E-state index is 0.0553. The Kier molecular flexibility index (Phi) is 11.3. The second-order valence-corrected chi connectivity index (χ2v) is 10.1. The van der Waals surface area contributed by atoms with Crippen LogP contribution in [0.15, 0.2) is 48.5 Å². The Morgan fingerprint density at radius 2 is 1.69 bits per heavy atom. The lowest BCUT2D eigenvalue weighted by atomic mass is 10.0. The van der Waals surface area contributed by atoms with Crippen molar-refractivity contribution in [1.29, 1.82) is 0 Å². The average Bonchev–Trinajstić information content (AvgIpc) is 2.93. The molecule has 224 valence electrons. The Morgan fingerprint density at radius 3 is 2.31 bits per heavy atom. The second kappa shape index (κ2) is 14.9. The van der Waals surface area contributed by atoms with Crippen LogP contribution in [0.3, 0.4) is 0 Å². The summed E-state index contributed by atoms with van der Waals surface area (Å²) in [5, 5.41) is 28.5. The summed E-state index contributed by atoms with van der Waals surface area (Å²) in [7, 11) is 0. The molecule has 0 radical (unpaired) electrons. The van der Waals surface area contributed by atoms with E-state index in [0.717, 1.165) is 0 Å². The number of carboxylic acids is 2. The number of nitrogens with one attached hydrogen (secondary N) is 4. The molecule has 0 aromatic heterocycles. The van der Waals surface area contributed by atoms with Crippen LogP contribution < -0.4 is 26.0 Å². The normalized spacial score (nSPS) is 19.7. The zero-order valence-electron chi connectivity index (χ0n) is 22.7. The van der Waals surface area contributed by atoms with Crippen molar-refractivity contribution in [3.8, 4) is 11.5 Å². The quantitative estimate of drug-likeness (QED) is 0.210. The SMILES string of the molecule is CC(=O)N[C@H]1Cc2ccc(cc2)Oc2cccc(c2)C[C@@H](C(=O)N[C@@H](CS)C(=O)O)NC(=O)C(CCC(=O)O)NC1=O. The van der Waals surface area contributed by atoms with Gasteiger partial charge in [0, 0.05) is 31.9 Å². The van der Waals surface area contributed by atoms with Crippen LogP contribution in [0, 0.1) is 0 Å². The van der Waals surface area contributed by atoms with Crippen LogP contribution in [0.4, 0.5) is 0 Å². The summed E-state index contributed by atoms with van der Waals surface area (Å²) >= 11 is 3.96. The third kappa shape index (κ3) is 9.51. The molecule has 42 heavy (non-hydrogen) atoms. The van der Waals surface area contributed by atoms with Crippen molar-refractivity contribution in [3.63, 3.8) is 0 Å². The molecular formula is C28H32N4O9S. The molecule has 0 spiro atoms. The number of amides is 4. The molecule has 13 nitrogen and oxygen atoms in total. The number of ether oxygens (including phenoxy) is 1. The van der Waals surface area contributed by atoms with Crippen molar-refractivity contribution >= 4 is 48.2 Å². The van der Waals surface area contributed by atoms with Gasteiger partial charge in [-0.1, -0.05) is 24.3 Å². The molecule has 0 saturated heterocycles. The number of fused-ring (bicyclic) bond motifs is 10. The number of thiol groups is 1. The number of aliphatic carboxylic acids is 2. The highest BCUT2D eigenvalue weighted by atomic mass is 32.1. The molecule has 1 unspecified atom stereocenters. The summed E-state index contributed by atoms with van der Waals surface area (Å²) < 4.78 is 5.93. The lowest BCUT2D eigenvalue weighted by Gasteiger charge is -2.26. The molecule has 0 saturated carbocycles. The van der Waals surface area contributed by atoms with E-state index in [4.69, 9.17) is 4.74 Å². The van der Waals surface area contributed by atoms with Gasteiger partial charge in [0.1, 0.15) is 35.7 Å². The summed E-state index contributed by atoms with van der Waals surface area (Å²) in [6, 6.07) is 8.35. The predicted octanol–water partition coefficient (Wildman–Crippen LogP) is 0.416. The van der Waals surface area contributed by atoms with Crippen molar-refractivity contribution in [2.75, 3.05) is 5.75 Å². The number of hydrogen-bond donors (Lipinski definition) is 7. The van der Waals surface area contributed by atoms with Crippen molar-refractivity contribution in [3.05, 3.63) is 59.7 Å². The monoisotopic (exact) mass is 600 g/mol. The minimum Gasteiger partial charge on any atom is -0.481 e. The van der Waals surface area contributed by atoms with E-state index in [1.165, 1.54) is 6.92 Å². The number of benzene rings is 2. The third-order valence-electron chi connectivity index (χ3n) is 6.34. The van der Waals surface area contributed by atoms with E-state index >= 15 is 0 Å². The first kappa shape index (κ1) is 31.9. The first-order valence-corrected chi connectivity index (χ1v) is 13.7. The number of carbonyl (C=O) groups is 6. The van der Waals surface area contributed by atoms with E-state index in [9.17, 15) is 39.0 Å². The predicted molar refractivity (Wildman–Crippen MR) is 152 cm³/mol. The van der Waals surface area contributed by atoms with Crippen LogP contribution in [0.2, 0.25) is 0 Å². The summed E-state index contributed by atoms with van der Waals surface area (Å²) in [6.07, 6.45) is -0.845. The fourth-order valence-electron chi connectivity index (χ4n) is 4.24. The summed E-state index contributed by atoms with van der Waals surface area (Å²) in [5.74, 6) is -4.79. The molecule has 14 heteroatoms. The van der Waals surface area contributed by atoms with Crippen molar-refractivity contribution in [2.45, 2.75) is 56.8 Å². The van der Waals surface area contributed by atoms with Crippen LogP contribution in [0.5, 0.6) is 11.5 Å². The van der Waals surface area contributed by atoms with Gasteiger partial charge in [0.2, 0.25) is 23.6 Å². The topological polar surface area (TPSA) is 200 Å². The molecule has 2 aromatic carbocycles. The molecule has 2 aliphatic rings. The highest BCUT2D eigenvalue weighted by Gasteiger charge is 2.31. The first-order chi connectivity index (χ1) is 19.9. The van der Waals surface area contributed by atoms with Crippen LogP contribution >= 0.6 is 12.6 Å². The lowest BCUT2D eigenvalue weighted by molar-refractivity contribution is -0.141. The molecule has 4 rings (SSSR count). The first-order valence-electron chi connectivity index (χ1n) is 13.0. The van der Waals surface area contributed by atoms with Gasteiger partial charge < -0.3 is 36.2 Å². The maximum absolute atomic E-state index is 13.4. The molecule has 4 amide bonds. The van der Waals surface area contributed by atoms with Gasteiger partial charge in [-0.25, -0.2) is 4.79 Å². The Bertz CT molecular complexity index is 1330. The van der Waals surface area contributed by atoms with Gasteiger partial charge in [-0.05, 0) is 41.8 Å². The molecule has 4 atom stereocenters. The second-order valence-electron chi connectivity index (χ2n) is 9.69. The molecule has 2 aromatic rings. The summed E-state index contributed by atoms with van der Waals surface area (Å²) in [5.41, 5.74) is 1.23. The van der Waals surface area contributed by atoms with E-state index in [-0.39, 0.29) is 25.0 Å². The van der Waals surface area contributed by atoms with Gasteiger partial charge >= 0.3 is 11.9 Å². The zero-order valence-corrected chi connectivity index (χ0v) is 23.6. The summed E-state index contributed by atoms with van der Waals surface area (Å²) in [4.78, 5) is 74.6. The Balaban J connectivity index is 2.04. The van der Waals surface area contributed by atoms with Crippen LogP contribution in [0.1, 0.15) is 30.9 Å². The van der Waals surface area contributed by atoms with Gasteiger partial charge in [0.05, 0.1) is 0 Å².